The maximum atomic E-state index is 13.6. The first-order valence-corrected chi connectivity index (χ1v) is 13.3. The molecule has 1 aliphatic rings. The van der Waals surface area contributed by atoms with Gasteiger partial charge in [-0.05, 0) is 63.5 Å². The highest BCUT2D eigenvalue weighted by molar-refractivity contribution is 5.92. The molecule has 1 unspecified atom stereocenters. The van der Waals surface area contributed by atoms with E-state index in [1.165, 1.54) is 12.8 Å². The Kier molecular flexibility index (Phi) is 10.3. The molecule has 7 nitrogen and oxygen atoms in total. The number of halogens is 1. The monoisotopic (exact) mass is 488 g/mol. The van der Waals surface area contributed by atoms with E-state index >= 15 is 0 Å². The number of hydrogen-bond acceptors (Lipinski definition) is 7. The number of unbranched alkanes of at least 4 members (excludes halogenated alkanes) is 1. The average Bonchev–Trinajstić information content (AvgIpc) is 2.82. The van der Waals surface area contributed by atoms with Crippen LogP contribution in [-0.4, -0.2) is 80.0 Å². The zero-order valence-electron chi connectivity index (χ0n) is 22.5. The molecule has 0 radical (unpaired) electrons. The third kappa shape index (κ3) is 7.64. The van der Waals surface area contributed by atoms with Gasteiger partial charge in [0, 0.05) is 24.0 Å². The van der Waals surface area contributed by atoms with E-state index in [0.717, 1.165) is 66.9 Å². The maximum Gasteiger partial charge on any atom is 0.228 e. The fourth-order valence-corrected chi connectivity index (χ4v) is 4.38. The summed E-state index contributed by atoms with van der Waals surface area (Å²) in [5.41, 5.74) is 2.01. The Labute approximate surface area is 210 Å². The fraction of sp³-hybridized carbons (Fsp3) is 0.704. The van der Waals surface area contributed by atoms with Gasteiger partial charge in [-0.2, -0.15) is 4.98 Å². The number of aromatic nitrogens is 2. The zero-order valence-corrected chi connectivity index (χ0v) is 22.5. The van der Waals surface area contributed by atoms with Crippen LogP contribution < -0.4 is 20.3 Å². The van der Waals surface area contributed by atoms with Crippen LogP contribution in [-0.2, 0) is 6.42 Å². The van der Waals surface area contributed by atoms with Gasteiger partial charge >= 0.3 is 0 Å². The van der Waals surface area contributed by atoms with Crippen LogP contribution in [0.1, 0.15) is 58.9 Å². The number of methoxy groups -OCH3 is 1. The van der Waals surface area contributed by atoms with Gasteiger partial charge in [-0.25, -0.2) is 9.37 Å². The van der Waals surface area contributed by atoms with Gasteiger partial charge in [0.2, 0.25) is 5.95 Å². The topological polar surface area (TPSA) is 65.6 Å². The third-order valence-electron chi connectivity index (χ3n) is 6.74. The number of likely N-dealkylation sites (N-methyl/N-ethyl adjacent to an activating group) is 1. The van der Waals surface area contributed by atoms with Gasteiger partial charge in [-0.3, -0.25) is 0 Å². The number of nitrogens with one attached hydrogen (secondary N) is 2. The van der Waals surface area contributed by atoms with Crippen LogP contribution in [0.4, 0.5) is 16.2 Å². The van der Waals surface area contributed by atoms with Crippen molar-refractivity contribution in [3.63, 3.8) is 0 Å². The number of fused-ring (bicyclic) bond motifs is 1. The highest BCUT2D eigenvalue weighted by atomic mass is 19.1. The predicted octanol–water partition coefficient (Wildman–Crippen LogP) is 4.65. The third-order valence-corrected chi connectivity index (χ3v) is 6.74. The standard InChI is InChI=1S/C27H45FN6O/c1-7-9-13-33(5)14-11-20-15-24-23(16-25(20)35-6)26(30-22(8-2)10-12-29-19(3)4)32-27(31-24)34-17-21(28)18-34/h15-16,19,21-22,29H,7-14,17-18H2,1-6H3,(H,30,31,32). The number of anilines is 2. The molecular weight excluding hydrogens is 443 g/mol. The van der Waals surface area contributed by atoms with Gasteiger partial charge < -0.3 is 25.2 Å². The van der Waals surface area contributed by atoms with E-state index in [1.54, 1.807) is 7.11 Å². The second kappa shape index (κ2) is 13.2. The van der Waals surface area contributed by atoms with Gasteiger partial charge in [-0.15, -0.1) is 0 Å². The van der Waals surface area contributed by atoms with Crippen LogP contribution in [0.3, 0.4) is 0 Å². The quantitative estimate of drug-likeness (QED) is 0.378. The molecular formula is C27H45FN6O. The van der Waals surface area contributed by atoms with Gasteiger partial charge in [0.05, 0.1) is 25.7 Å². The first-order valence-electron chi connectivity index (χ1n) is 13.3. The Bertz CT molecular complexity index is 934. The highest BCUT2D eigenvalue weighted by Gasteiger charge is 2.29. The SMILES string of the molecule is CCCCN(C)CCc1cc2nc(N3CC(F)C3)nc(NC(CC)CCNC(C)C)c2cc1OC. The van der Waals surface area contributed by atoms with E-state index in [2.05, 4.69) is 62.4 Å². The summed E-state index contributed by atoms with van der Waals surface area (Å²) >= 11 is 0. The summed E-state index contributed by atoms with van der Waals surface area (Å²) in [6, 6.07) is 4.93. The Morgan fingerprint density at radius 2 is 1.97 bits per heavy atom. The predicted molar refractivity (Wildman–Crippen MR) is 145 cm³/mol. The van der Waals surface area contributed by atoms with Crippen molar-refractivity contribution in [3.8, 4) is 5.75 Å². The molecule has 0 saturated carbocycles. The molecule has 3 rings (SSSR count). The highest BCUT2D eigenvalue weighted by Crippen LogP contribution is 2.33. The van der Waals surface area contributed by atoms with Crippen molar-refractivity contribution >= 4 is 22.7 Å². The molecule has 8 heteroatoms. The van der Waals surface area contributed by atoms with Gasteiger partial charge in [0.1, 0.15) is 17.7 Å². The van der Waals surface area contributed by atoms with Crippen molar-refractivity contribution in [1.82, 2.24) is 20.2 Å². The van der Waals surface area contributed by atoms with Crippen LogP contribution >= 0.6 is 0 Å². The summed E-state index contributed by atoms with van der Waals surface area (Å²) in [4.78, 5) is 14.0. The van der Waals surface area contributed by atoms with Gasteiger partial charge in [0.15, 0.2) is 0 Å². The Hall–Kier alpha value is -2.19. The van der Waals surface area contributed by atoms with Gasteiger partial charge in [0.25, 0.3) is 0 Å². The lowest BCUT2D eigenvalue weighted by molar-refractivity contribution is 0.272. The van der Waals surface area contributed by atoms with Crippen molar-refractivity contribution in [3.05, 3.63) is 17.7 Å². The molecule has 0 spiro atoms. The average molecular weight is 489 g/mol. The second-order valence-corrected chi connectivity index (χ2v) is 10.1. The van der Waals surface area contributed by atoms with E-state index in [0.29, 0.717) is 25.1 Å². The minimum Gasteiger partial charge on any atom is -0.496 e. The van der Waals surface area contributed by atoms with Crippen LogP contribution in [0.2, 0.25) is 0 Å². The van der Waals surface area contributed by atoms with E-state index < -0.39 is 6.17 Å². The molecule has 2 N–H and O–H groups in total. The number of hydrogen-bond donors (Lipinski definition) is 2. The second-order valence-electron chi connectivity index (χ2n) is 10.1. The number of rotatable bonds is 15. The van der Waals surface area contributed by atoms with Crippen LogP contribution in [0, 0.1) is 0 Å². The number of nitrogens with zero attached hydrogens (tertiary/aromatic N) is 4. The van der Waals surface area contributed by atoms with Crippen LogP contribution in [0.25, 0.3) is 10.9 Å². The summed E-state index contributed by atoms with van der Waals surface area (Å²) in [5.74, 6) is 2.26. The molecule has 1 atom stereocenters. The van der Waals surface area contributed by atoms with E-state index in [-0.39, 0.29) is 6.04 Å². The summed E-state index contributed by atoms with van der Waals surface area (Å²) < 4.78 is 19.4. The molecule has 1 aromatic carbocycles. The smallest absolute Gasteiger partial charge is 0.228 e. The van der Waals surface area contributed by atoms with E-state index in [1.807, 2.05) is 4.90 Å². The summed E-state index contributed by atoms with van der Waals surface area (Å²) in [7, 11) is 3.89. The van der Waals surface area contributed by atoms with Crippen molar-refractivity contribution in [1.29, 1.82) is 0 Å². The zero-order chi connectivity index (χ0) is 25.4. The van der Waals surface area contributed by atoms with Crippen LogP contribution in [0.15, 0.2) is 12.1 Å². The Balaban J connectivity index is 1.90. The number of alkyl halides is 1. The largest absolute Gasteiger partial charge is 0.496 e. The molecule has 2 heterocycles. The molecule has 1 saturated heterocycles. The molecule has 1 aliphatic heterocycles. The molecule has 1 fully saturated rings. The molecule has 196 valence electrons. The Morgan fingerprint density at radius 3 is 2.60 bits per heavy atom. The van der Waals surface area contributed by atoms with Crippen LogP contribution in [0.5, 0.6) is 5.75 Å². The minimum absolute atomic E-state index is 0.274. The molecule has 2 aromatic rings. The van der Waals surface area contributed by atoms with E-state index in [4.69, 9.17) is 14.7 Å². The first-order chi connectivity index (χ1) is 16.8. The first kappa shape index (κ1) is 27.4. The van der Waals surface area contributed by atoms with Gasteiger partial charge in [-0.1, -0.05) is 34.1 Å². The lowest BCUT2D eigenvalue weighted by Crippen LogP contribution is -2.49. The lowest BCUT2D eigenvalue weighted by Gasteiger charge is -2.34. The Morgan fingerprint density at radius 1 is 1.20 bits per heavy atom. The molecule has 0 bridgehead atoms. The van der Waals surface area contributed by atoms with Crippen molar-refractivity contribution in [2.24, 2.45) is 0 Å². The minimum atomic E-state index is -0.804. The lowest BCUT2D eigenvalue weighted by atomic mass is 10.1. The summed E-state index contributed by atoms with van der Waals surface area (Å²) in [6.07, 6.45) is 4.45. The fourth-order valence-electron chi connectivity index (χ4n) is 4.38. The molecule has 0 aliphatic carbocycles. The number of benzene rings is 1. The molecule has 1 aromatic heterocycles. The van der Waals surface area contributed by atoms with Crippen molar-refractivity contribution in [2.45, 2.75) is 78.1 Å². The normalized spacial score (nSPS) is 15.2. The number of ether oxygens (including phenoxy) is 1. The van der Waals surface area contributed by atoms with Crippen molar-refractivity contribution in [2.75, 3.05) is 57.1 Å². The summed E-state index contributed by atoms with van der Waals surface area (Å²) in [5, 5.41) is 8.12. The van der Waals surface area contributed by atoms with E-state index in [9.17, 15) is 4.39 Å². The summed E-state index contributed by atoms with van der Waals surface area (Å²) in [6.45, 7) is 12.4. The van der Waals surface area contributed by atoms with Crippen molar-refractivity contribution < 1.29 is 9.13 Å². The molecule has 0 amide bonds. The maximum absolute atomic E-state index is 13.6. The molecule has 35 heavy (non-hydrogen) atoms.